The van der Waals surface area contributed by atoms with Crippen molar-refractivity contribution in [1.82, 2.24) is 5.43 Å². The minimum atomic E-state index is -0.549. The molecule has 16 heavy (non-hydrogen) atoms. The molecular weight excluding hydrogens is 208 g/mol. The number of hydrogen-bond acceptors (Lipinski definition) is 4. The molecule has 4 N–H and O–H groups in total. The number of carbonyl (C=O) groups excluding carboxylic acids is 1. The van der Waals surface area contributed by atoms with Crippen LogP contribution in [0.5, 0.6) is 11.5 Å². The Morgan fingerprint density at radius 2 is 2.31 bits per heavy atom. The molecule has 88 valence electrons. The van der Waals surface area contributed by atoms with Crippen molar-refractivity contribution >= 4 is 5.91 Å². The molecule has 0 radical (unpaired) electrons. The maximum atomic E-state index is 11.3. The van der Waals surface area contributed by atoms with E-state index in [2.05, 4.69) is 0 Å². The van der Waals surface area contributed by atoms with Crippen molar-refractivity contribution in [3.05, 3.63) is 23.8 Å². The Balaban J connectivity index is 2.93. The van der Waals surface area contributed by atoms with E-state index in [-0.39, 0.29) is 17.4 Å². The maximum Gasteiger partial charge on any atom is 0.269 e. The van der Waals surface area contributed by atoms with Crippen LogP contribution in [0.15, 0.2) is 18.2 Å². The molecule has 0 aromatic heterocycles. The lowest BCUT2D eigenvalue weighted by Gasteiger charge is -2.13. The molecule has 0 aliphatic carbocycles. The molecule has 1 aromatic rings. The van der Waals surface area contributed by atoms with Crippen LogP contribution >= 0.6 is 0 Å². The van der Waals surface area contributed by atoms with E-state index in [9.17, 15) is 9.90 Å². The summed E-state index contributed by atoms with van der Waals surface area (Å²) in [6, 6.07) is 4.47. The number of carbonyl (C=O) groups is 1. The summed E-state index contributed by atoms with van der Waals surface area (Å²) in [5, 5.41) is 9.46. The van der Waals surface area contributed by atoms with E-state index < -0.39 is 5.91 Å². The fraction of sp³-hybridized carbons (Fsp3) is 0.364. The summed E-state index contributed by atoms with van der Waals surface area (Å²) in [5.74, 6) is 4.86. The lowest BCUT2D eigenvalue weighted by molar-refractivity contribution is 0.0950. The van der Waals surface area contributed by atoms with Crippen molar-refractivity contribution in [2.24, 2.45) is 5.84 Å². The molecule has 0 bridgehead atoms. The summed E-state index contributed by atoms with van der Waals surface area (Å²) in [6.45, 7) is 3.92. The van der Waals surface area contributed by atoms with Gasteiger partial charge in [-0.15, -0.1) is 0 Å². The maximum absolute atomic E-state index is 11.3. The smallest absolute Gasteiger partial charge is 0.269 e. The summed E-state index contributed by atoms with van der Waals surface area (Å²) < 4.78 is 5.52. The van der Waals surface area contributed by atoms with Gasteiger partial charge in [0.05, 0.1) is 11.7 Å². The molecule has 1 atom stereocenters. The van der Waals surface area contributed by atoms with Crippen LogP contribution in [-0.2, 0) is 0 Å². The topological polar surface area (TPSA) is 84.6 Å². The highest BCUT2D eigenvalue weighted by Gasteiger charge is 2.12. The van der Waals surface area contributed by atoms with Gasteiger partial charge in [0.25, 0.3) is 5.91 Å². The monoisotopic (exact) mass is 224 g/mol. The van der Waals surface area contributed by atoms with Crippen molar-refractivity contribution in [2.45, 2.75) is 26.4 Å². The average molecular weight is 224 g/mol. The molecule has 5 heteroatoms. The first kappa shape index (κ1) is 12.3. The van der Waals surface area contributed by atoms with Gasteiger partial charge in [-0.05, 0) is 31.5 Å². The molecule has 1 unspecified atom stereocenters. The van der Waals surface area contributed by atoms with E-state index >= 15 is 0 Å². The molecule has 0 aliphatic rings. The Hall–Kier alpha value is -1.75. The summed E-state index contributed by atoms with van der Waals surface area (Å²) in [4.78, 5) is 11.3. The molecule has 0 heterocycles. The highest BCUT2D eigenvalue weighted by Crippen LogP contribution is 2.23. The normalized spacial score (nSPS) is 11.9. The van der Waals surface area contributed by atoms with Crippen molar-refractivity contribution in [2.75, 3.05) is 0 Å². The number of nitrogen functional groups attached to an aromatic ring is 1. The van der Waals surface area contributed by atoms with Gasteiger partial charge < -0.3 is 9.84 Å². The molecule has 1 amide bonds. The second-order valence-corrected chi connectivity index (χ2v) is 3.49. The number of ether oxygens (including phenoxy) is 1. The van der Waals surface area contributed by atoms with E-state index in [0.29, 0.717) is 5.75 Å². The van der Waals surface area contributed by atoms with E-state index in [1.807, 2.05) is 19.3 Å². The molecule has 1 aromatic carbocycles. The predicted octanol–water partition coefficient (Wildman–Crippen LogP) is 1.17. The number of hydrogen-bond donors (Lipinski definition) is 3. The van der Waals surface area contributed by atoms with Gasteiger partial charge in [0.15, 0.2) is 0 Å². The lowest BCUT2D eigenvalue weighted by Crippen LogP contribution is -2.30. The second kappa shape index (κ2) is 5.37. The summed E-state index contributed by atoms with van der Waals surface area (Å²) in [5.41, 5.74) is 2.06. The fourth-order valence-electron chi connectivity index (χ4n) is 1.16. The zero-order valence-electron chi connectivity index (χ0n) is 9.36. The van der Waals surface area contributed by atoms with Crippen LogP contribution in [0, 0.1) is 0 Å². The number of rotatable bonds is 4. The first-order chi connectivity index (χ1) is 7.58. The first-order valence-electron chi connectivity index (χ1n) is 5.09. The van der Waals surface area contributed by atoms with Crippen LogP contribution in [0.3, 0.4) is 0 Å². The number of amides is 1. The Kier molecular flexibility index (Phi) is 4.13. The van der Waals surface area contributed by atoms with Crippen molar-refractivity contribution < 1.29 is 14.6 Å². The van der Waals surface area contributed by atoms with Crippen LogP contribution < -0.4 is 16.0 Å². The summed E-state index contributed by atoms with van der Waals surface area (Å²) >= 11 is 0. The van der Waals surface area contributed by atoms with Crippen molar-refractivity contribution in [3.63, 3.8) is 0 Å². The van der Waals surface area contributed by atoms with Gasteiger partial charge in [-0.25, -0.2) is 5.84 Å². The molecule has 1 rings (SSSR count). The Morgan fingerprint density at radius 3 is 2.88 bits per heavy atom. The first-order valence-corrected chi connectivity index (χ1v) is 5.09. The quantitative estimate of drug-likeness (QED) is 0.407. The Labute approximate surface area is 94.2 Å². The van der Waals surface area contributed by atoms with Crippen LogP contribution in [0.25, 0.3) is 0 Å². The van der Waals surface area contributed by atoms with Gasteiger partial charge in [0.1, 0.15) is 11.5 Å². The van der Waals surface area contributed by atoms with Gasteiger partial charge in [0, 0.05) is 0 Å². The Bertz CT molecular complexity index is 379. The average Bonchev–Trinajstić information content (AvgIpc) is 2.30. The molecule has 0 saturated heterocycles. The van der Waals surface area contributed by atoms with Gasteiger partial charge in [-0.2, -0.15) is 0 Å². The van der Waals surface area contributed by atoms with Gasteiger partial charge in [0.2, 0.25) is 0 Å². The largest absolute Gasteiger partial charge is 0.507 e. The van der Waals surface area contributed by atoms with Gasteiger partial charge in [-0.3, -0.25) is 10.2 Å². The van der Waals surface area contributed by atoms with E-state index in [1.165, 1.54) is 12.1 Å². The van der Waals surface area contributed by atoms with E-state index in [4.69, 9.17) is 10.6 Å². The van der Waals surface area contributed by atoms with Crippen LogP contribution in [0.4, 0.5) is 0 Å². The minimum absolute atomic E-state index is 0.0540. The number of phenols is 1. The molecule has 0 aliphatic heterocycles. The molecular formula is C11H16N2O3. The van der Waals surface area contributed by atoms with Gasteiger partial charge in [-0.1, -0.05) is 6.92 Å². The fourth-order valence-corrected chi connectivity index (χ4v) is 1.16. The number of nitrogens with one attached hydrogen (secondary N) is 1. The van der Waals surface area contributed by atoms with E-state index in [1.54, 1.807) is 6.07 Å². The highest BCUT2D eigenvalue weighted by atomic mass is 16.5. The standard InChI is InChI=1S/C11H16N2O3/c1-3-7(2)16-8-4-5-10(14)9(6-8)11(15)13-12/h4-7,14H,3,12H2,1-2H3,(H,13,15). The van der Waals surface area contributed by atoms with Crippen molar-refractivity contribution in [1.29, 1.82) is 0 Å². The Morgan fingerprint density at radius 1 is 1.62 bits per heavy atom. The zero-order valence-corrected chi connectivity index (χ0v) is 9.36. The van der Waals surface area contributed by atoms with Crippen molar-refractivity contribution in [3.8, 4) is 11.5 Å². The predicted molar refractivity (Wildman–Crippen MR) is 60.1 cm³/mol. The molecule has 5 nitrogen and oxygen atoms in total. The second-order valence-electron chi connectivity index (χ2n) is 3.49. The lowest BCUT2D eigenvalue weighted by atomic mass is 10.2. The highest BCUT2D eigenvalue weighted by molar-refractivity contribution is 5.96. The number of aromatic hydroxyl groups is 1. The number of phenolic OH excluding ortho intramolecular Hbond substituents is 1. The summed E-state index contributed by atoms with van der Waals surface area (Å²) in [7, 11) is 0. The minimum Gasteiger partial charge on any atom is -0.507 e. The third-order valence-corrected chi connectivity index (χ3v) is 2.26. The SMILES string of the molecule is CCC(C)Oc1ccc(O)c(C(=O)NN)c1. The third-order valence-electron chi connectivity index (χ3n) is 2.26. The molecule has 0 saturated carbocycles. The molecule has 0 spiro atoms. The molecule has 0 fully saturated rings. The van der Waals surface area contributed by atoms with Crippen LogP contribution in [0.1, 0.15) is 30.6 Å². The van der Waals surface area contributed by atoms with Crippen LogP contribution in [-0.4, -0.2) is 17.1 Å². The van der Waals surface area contributed by atoms with Crippen LogP contribution in [0.2, 0.25) is 0 Å². The number of nitrogens with two attached hydrogens (primary N) is 1. The third kappa shape index (κ3) is 2.87. The van der Waals surface area contributed by atoms with E-state index in [0.717, 1.165) is 6.42 Å². The number of hydrazine groups is 1. The number of benzene rings is 1. The summed E-state index contributed by atoms with van der Waals surface area (Å²) in [6.07, 6.45) is 0.914. The van der Waals surface area contributed by atoms with Gasteiger partial charge >= 0.3 is 0 Å². The zero-order chi connectivity index (χ0) is 12.1.